The molecule has 1 aromatic carbocycles. The summed E-state index contributed by atoms with van der Waals surface area (Å²) in [7, 11) is 0. The second kappa shape index (κ2) is 7.84. The third-order valence-electron chi connectivity index (χ3n) is 2.02. The first-order valence-electron chi connectivity index (χ1n) is 5.30. The summed E-state index contributed by atoms with van der Waals surface area (Å²) in [6.45, 7) is 2.25. The maximum absolute atomic E-state index is 2.35. The zero-order valence-corrected chi connectivity index (χ0v) is 10.5. The van der Waals surface area contributed by atoms with E-state index < -0.39 is 0 Å². The van der Waals surface area contributed by atoms with Gasteiger partial charge in [-0.3, -0.25) is 0 Å². The second-order valence-electron chi connectivity index (χ2n) is 3.30. The van der Waals surface area contributed by atoms with E-state index in [-0.39, 0.29) is 0 Å². The summed E-state index contributed by atoms with van der Waals surface area (Å²) >= 11 is 0.535. The molecule has 76 valence electrons. The molecule has 0 fully saturated rings. The van der Waals surface area contributed by atoms with Crippen LogP contribution >= 0.6 is 0 Å². The average molecular weight is 253 g/mol. The summed E-state index contributed by atoms with van der Waals surface area (Å²) in [5.41, 5.74) is 0. The van der Waals surface area contributed by atoms with Crippen molar-refractivity contribution in [1.29, 1.82) is 0 Å². The van der Waals surface area contributed by atoms with Crippen molar-refractivity contribution < 1.29 is 0 Å². The molecule has 0 amide bonds. The van der Waals surface area contributed by atoms with Crippen LogP contribution in [-0.4, -0.2) is 15.0 Å². The van der Waals surface area contributed by atoms with Gasteiger partial charge >= 0.3 is 93.4 Å². The molecular formula is C13H18Se. The Morgan fingerprint density at radius 1 is 1.14 bits per heavy atom. The Morgan fingerprint density at radius 2 is 1.93 bits per heavy atom. The summed E-state index contributed by atoms with van der Waals surface area (Å²) in [6.07, 6.45) is 7.61. The summed E-state index contributed by atoms with van der Waals surface area (Å²) in [6, 6.07) is 10.7. The third-order valence-corrected chi connectivity index (χ3v) is 3.85. The van der Waals surface area contributed by atoms with Gasteiger partial charge in [0.25, 0.3) is 0 Å². The molecule has 0 N–H and O–H groups in total. The average Bonchev–Trinajstić information content (AvgIpc) is 2.25. The van der Waals surface area contributed by atoms with Crippen LogP contribution in [0.1, 0.15) is 32.6 Å². The van der Waals surface area contributed by atoms with Crippen LogP contribution in [0.3, 0.4) is 0 Å². The number of hydrogen-bond donors (Lipinski definition) is 0. The Balaban J connectivity index is 2.14. The van der Waals surface area contributed by atoms with E-state index in [2.05, 4.69) is 48.3 Å². The molecule has 0 aromatic heterocycles. The Kier molecular flexibility index (Phi) is 6.47. The van der Waals surface area contributed by atoms with Crippen LogP contribution in [0.5, 0.6) is 0 Å². The first-order valence-corrected chi connectivity index (χ1v) is 7.14. The first-order chi connectivity index (χ1) is 6.93. The number of unbranched alkanes of at least 4 members (excludes halogenated alkanes) is 3. The molecule has 0 unspecified atom stereocenters. The van der Waals surface area contributed by atoms with Crippen LogP contribution in [0, 0.1) is 0 Å². The molecular weight excluding hydrogens is 235 g/mol. The monoisotopic (exact) mass is 254 g/mol. The number of rotatable bonds is 6. The van der Waals surface area contributed by atoms with E-state index in [1.807, 2.05) is 0 Å². The van der Waals surface area contributed by atoms with Crippen molar-refractivity contribution in [1.82, 2.24) is 0 Å². The predicted octanol–water partition coefficient (Wildman–Crippen LogP) is 3.11. The van der Waals surface area contributed by atoms with Crippen molar-refractivity contribution in [2.24, 2.45) is 0 Å². The molecule has 0 nitrogen and oxygen atoms in total. The SMILES string of the molecule is CCCCC/C=C\[Se]c1ccccc1. The van der Waals surface area contributed by atoms with Gasteiger partial charge in [-0.25, -0.2) is 0 Å². The van der Waals surface area contributed by atoms with E-state index in [1.165, 1.54) is 30.1 Å². The molecule has 14 heavy (non-hydrogen) atoms. The van der Waals surface area contributed by atoms with Gasteiger partial charge in [0.05, 0.1) is 0 Å². The van der Waals surface area contributed by atoms with Gasteiger partial charge in [0.2, 0.25) is 0 Å². The van der Waals surface area contributed by atoms with E-state index >= 15 is 0 Å². The van der Waals surface area contributed by atoms with Gasteiger partial charge in [-0.1, -0.05) is 0 Å². The van der Waals surface area contributed by atoms with Crippen LogP contribution in [0.4, 0.5) is 0 Å². The van der Waals surface area contributed by atoms with Crippen LogP contribution in [0.2, 0.25) is 0 Å². The van der Waals surface area contributed by atoms with Gasteiger partial charge in [-0.2, -0.15) is 0 Å². The first kappa shape index (κ1) is 11.6. The molecule has 0 atom stereocenters. The van der Waals surface area contributed by atoms with E-state index in [9.17, 15) is 0 Å². The van der Waals surface area contributed by atoms with Crippen LogP contribution in [-0.2, 0) is 0 Å². The second-order valence-corrected chi connectivity index (χ2v) is 5.35. The van der Waals surface area contributed by atoms with E-state index in [0.717, 1.165) is 0 Å². The standard InChI is InChI=1S/C13H18Se/c1-2-3-4-5-9-12-14-13-10-7-6-8-11-13/h6-12H,2-5H2,1H3/b12-9-. The van der Waals surface area contributed by atoms with Gasteiger partial charge in [0.15, 0.2) is 0 Å². The fourth-order valence-corrected chi connectivity index (χ4v) is 2.68. The van der Waals surface area contributed by atoms with Crippen LogP contribution < -0.4 is 4.46 Å². The maximum atomic E-state index is 2.35. The molecule has 0 aliphatic rings. The molecule has 0 radical (unpaired) electrons. The molecule has 0 aliphatic carbocycles. The minimum atomic E-state index is 0.535. The predicted molar refractivity (Wildman–Crippen MR) is 65.1 cm³/mol. The molecule has 0 aliphatic heterocycles. The van der Waals surface area contributed by atoms with Crippen molar-refractivity contribution in [3.63, 3.8) is 0 Å². The Morgan fingerprint density at radius 3 is 2.64 bits per heavy atom. The van der Waals surface area contributed by atoms with Gasteiger partial charge in [-0.15, -0.1) is 0 Å². The Bertz CT molecular complexity index is 251. The van der Waals surface area contributed by atoms with Crippen molar-refractivity contribution >= 4 is 19.4 Å². The summed E-state index contributed by atoms with van der Waals surface area (Å²) in [4.78, 5) is 2.35. The van der Waals surface area contributed by atoms with Gasteiger partial charge in [0, 0.05) is 0 Å². The van der Waals surface area contributed by atoms with Crippen molar-refractivity contribution in [2.45, 2.75) is 32.6 Å². The topological polar surface area (TPSA) is 0 Å². The van der Waals surface area contributed by atoms with Crippen molar-refractivity contribution in [2.75, 3.05) is 0 Å². The number of benzene rings is 1. The van der Waals surface area contributed by atoms with E-state index in [1.54, 1.807) is 0 Å². The number of allylic oxidation sites excluding steroid dienone is 1. The van der Waals surface area contributed by atoms with Crippen molar-refractivity contribution in [3.05, 3.63) is 41.4 Å². The summed E-state index contributed by atoms with van der Waals surface area (Å²) in [5, 5.41) is 0. The van der Waals surface area contributed by atoms with Crippen molar-refractivity contribution in [3.8, 4) is 0 Å². The Labute approximate surface area is 93.6 Å². The quantitative estimate of drug-likeness (QED) is 0.540. The normalized spacial score (nSPS) is 10.9. The van der Waals surface area contributed by atoms with Gasteiger partial charge < -0.3 is 0 Å². The summed E-state index contributed by atoms with van der Waals surface area (Å²) < 4.78 is 1.46. The Hall–Kier alpha value is -0.521. The molecule has 1 aromatic rings. The fraction of sp³-hybridized carbons (Fsp3) is 0.385. The summed E-state index contributed by atoms with van der Waals surface area (Å²) in [5.74, 6) is 0. The van der Waals surface area contributed by atoms with Crippen LogP contribution in [0.15, 0.2) is 41.4 Å². The van der Waals surface area contributed by atoms with Gasteiger partial charge in [0.1, 0.15) is 0 Å². The molecule has 0 bridgehead atoms. The number of hydrogen-bond acceptors (Lipinski definition) is 0. The third kappa shape index (κ3) is 5.26. The molecule has 0 saturated heterocycles. The van der Waals surface area contributed by atoms with Crippen LogP contribution in [0.25, 0.3) is 0 Å². The van der Waals surface area contributed by atoms with E-state index in [0.29, 0.717) is 15.0 Å². The molecule has 0 spiro atoms. The molecule has 0 saturated carbocycles. The fourth-order valence-electron chi connectivity index (χ4n) is 1.21. The van der Waals surface area contributed by atoms with E-state index in [4.69, 9.17) is 0 Å². The minimum absolute atomic E-state index is 0.535. The zero-order chi connectivity index (χ0) is 10.1. The van der Waals surface area contributed by atoms with Gasteiger partial charge in [-0.05, 0) is 0 Å². The zero-order valence-electron chi connectivity index (χ0n) is 8.78. The molecule has 1 heteroatoms. The molecule has 1 rings (SSSR count). The molecule has 0 heterocycles.